The van der Waals surface area contributed by atoms with Gasteiger partial charge in [-0.15, -0.1) is 11.3 Å². The van der Waals surface area contributed by atoms with Crippen LogP contribution in [0.2, 0.25) is 0 Å². The number of aryl methyl sites for hydroxylation is 2. The molecule has 7 heteroatoms. The summed E-state index contributed by atoms with van der Waals surface area (Å²) in [5.74, 6) is 1.61. The molecule has 0 N–H and O–H groups in total. The minimum Gasteiger partial charge on any atom is -0.356 e. The molecule has 0 spiro atoms. The molecule has 1 saturated carbocycles. The Morgan fingerprint density at radius 2 is 1.67 bits per heavy atom. The van der Waals surface area contributed by atoms with Crippen molar-refractivity contribution in [3.63, 3.8) is 0 Å². The Morgan fingerprint density at radius 1 is 0.967 bits per heavy atom. The van der Waals surface area contributed by atoms with Gasteiger partial charge in [-0.05, 0) is 45.1 Å². The highest BCUT2D eigenvalue weighted by Gasteiger charge is 2.33. The van der Waals surface area contributed by atoms with Gasteiger partial charge in [-0.2, -0.15) is 0 Å². The van der Waals surface area contributed by atoms with Gasteiger partial charge in [0.2, 0.25) is 5.91 Å². The molecule has 5 rings (SSSR count). The van der Waals surface area contributed by atoms with Crippen molar-refractivity contribution in [2.45, 2.75) is 58.4 Å². The first-order valence-corrected chi connectivity index (χ1v) is 12.4. The third-order valence-electron chi connectivity index (χ3n) is 7.56. The van der Waals surface area contributed by atoms with E-state index in [1.807, 2.05) is 0 Å². The van der Waals surface area contributed by atoms with Gasteiger partial charge in [-0.1, -0.05) is 12.8 Å². The lowest BCUT2D eigenvalue weighted by Crippen LogP contribution is -2.53. The molecule has 162 valence electrons. The molecule has 0 bridgehead atoms. The average Bonchev–Trinajstić information content (AvgIpc) is 3.42. The van der Waals surface area contributed by atoms with E-state index in [1.54, 1.807) is 17.7 Å². The van der Waals surface area contributed by atoms with Crippen LogP contribution in [0.3, 0.4) is 0 Å². The Bertz CT molecular complexity index is 906. The van der Waals surface area contributed by atoms with Gasteiger partial charge in [0.15, 0.2) is 0 Å². The number of piperidine rings is 1. The Labute approximate surface area is 183 Å². The zero-order valence-electron chi connectivity index (χ0n) is 18.3. The number of fused-ring (bicyclic) bond motifs is 1. The Morgan fingerprint density at radius 3 is 2.37 bits per heavy atom. The number of thiophene rings is 1. The van der Waals surface area contributed by atoms with Crippen molar-refractivity contribution in [1.82, 2.24) is 19.8 Å². The minimum atomic E-state index is 0.168. The molecule has 3 aliphatic rings. The van der Waals surface area contributed by atoms with Crippen LogP contribution in [0.5, 0.6) is 0 Å². The van der Waals surface area contributed by atoms with Crippen LogP contribution < -0.4 is 4.90 Å². The van der Waals surface area contributed by atoms with Crippen molar-refractivity contribution in [2.24, 2.45) is 5.92 Å². The largest absolute Gasteiger partial charge is 0.356 e. The fraction of sp³-hybridized carbons (Fsp3) is 0.696. The van der Waals surface area contributed by atoms with Crippen molar-refractivity contribution in [3.05, 3.63) is 16.8 Å². The maximum atomic E-state index is 13.2. The molecule has 6 nitrogen and oxygen atoms in total. The fourth-order valence-corrected chi connectivity index (χ4v) is 6.57. The van der Waals surface area contributed by atoms with E-state index in [-0.39, 0.29) is 5.92 Å². The molecule has 2 aliphatic heterocycles. The number of amides is 1. The molecule has 0 aromatic carbocycles. The van der Waals surface area contributed by atoms with Crippen LogP contribution in [0.4, 0.5) is 5.82 Å². The number of anilines is 1. The molecule has 3 fully saturated rings. The van der Waals surface area contributed by atoms with E-state index < -0.39 is 0 Å². The molecular weight excluding hydrogens is 394 g/mol. The summed E-state index contributed by atoms with van der Waals surface area (Å²) in [5, 5.41) is 1.20. The zero-order chi connectivity index (χ0) is 20.7. The Hall–Kier alpha value is -1.73. The minimum absolute atomic E-state index is 0.168. The average molecular weight is 428 g/mol. The smallest absolute Gasteiger partial charge is 0.225 e. The van der Waals surface area contributed by atoms with Crippen LogP contribution in [-0.4, -0.2) is 71.0 Å². The fourth-order valence-electron chi connectivity index (χ4n) is 5.58. The van der Waals surface area contributed by atoms with E-state index in [0.29, 0.717) is 5.91 Å². The van der Waals surface area contributed by atoms with E-state index in [0.717, 1.165) is 68.8 Å². The number of carbonyl (C=O) groups is 1. The van der Waals surface area contributed by atoms with Crippen LogP contribution in [0.15, 0.2) is 6.33 Å². The van der Waals surface area contributed by atoms with Gasteiger partial charge < -0.3 is 9.80 Å². The summed E-state index contributed by atoms with van der Waals surface area (Å²) in [7, 11) is 0. The summed E-state index contributed by atoms with van der Waals surface area (Å²) in [5.41, 5.74) is 1.30. The molecule has 0 radical (unpaired) electrons. The number of hydrogen-bond donors (Lipinski definition) is 0. The van der Waals surface area contributed by atoms with Crippen LogP contribution in [0.1, 0.15) is 49.0 Å². The Kier molecular flexibility index (Phi) is 5.67. The predicted molar refractivity (Wildman–Crippen MR) is 122 cm³/mol. The van der Waals surface area contributed by atoms with E-state index in [4.69, 9.17) is 0 Å². The molecular formula is C23H33N5OS. The standard InChI is InChI=1S/C23H33N5OS/c1-16-17(2)30-22-20(16)21(24-15-25-22)27-9-7-18(8-10-27)23(29)28-13-11-26(12-14-28)19-5-3-4-6-19/h15,18-19H,3-14H2,1-2H3. The number of aromatic nitrogens is 2. The summed E-state index contributed by atoms with van der Waals surface area (Å²) >= 11 is 1.75. The van der Waals surface area contributed by atoms with Gasteiger partial charge in [-0.3, -0.25) is 9.69 Å². The zero-order valence-corrected chi connectivity index (χ0v) is 19.1. The molecule has 2 aromatic rings. The molecule has 1 amide bonds. The molecule has 30 heavy (non-hydrogen) atoms. The van der Waals surface area contributed by atoms with Crippen molar-refractivity contribution in [1.29, 1.82) is 0 Å². The van der Waals surface area contributed by atoms with Crippen LogP contribution in [0, 0.1) is 19.8 Å². The van der Waals surface area contributed by atoms with Gasteiger partial charge in [0.1, 0.15) is 17.0 Å². The van der Waals surface area contributed by atoms with Gasteiger partial charge in [-0.25, -0.2) is 9.97 Å². The predicted octanol–water partition coefficient (Wildman–Crippen LogP) is 3.61. The van der Waals surface area contributed by atoms with Gasteiger partial charge in [0.25, 0.3) is 0 Å². The highest BCUT2D eigenvalue weighted by Crippen LogP contribution is 2.36. The second-order valence-electron chi connectivity index (χ2n) is 9.22. The molecule has 1 aliphatic carbocycles. The topological polar surface area (TPSA) is 52.6 Å². The van der Waals surface area contributed by atoms with E-state index in [2.05, 4.69) is 38.5 Å². The van der Waals surface area contributed by atoms with E-state index in [9.17, 15) is 4.79 Å². The summed E-state index contributed by atoms with van der Waals surface area (Å²) in [6.45, 7) is 10.1. The summed E-state index contributed by atoms with van der Waals surface area (Å²) in [6.07, 6.45) is 9.01. The highest BCUT2D eigenvalue weighted by molar-refractivity contribution is 7.18. The second-order valence-corrected chi connectivity index (χ2v) is 10.4. The molecule has 4 heterocycles. The van der Waals surface area contributed by atoms with Gasteiger partial charge >= 0.3 is 0 Å². The summed E-state index contributed by atoms with van der Waals surface area (Å²) in [6, 6.07) is 0.777. The second kappa shape index (κ2) is 8.42. The number of hydrogen-bond acceptors (Lipinski definition) is 6. The first-order chi connectivity index (χ1) is 14.6. The van der Waals surface area contributed by atoms with Gasteiger partial charge in [0.05, 0.1) is 5.39 Å². The molecule has 0 atom stereocenters. The number of rotatable bonds is 3. The first-order valence-electron chi connectivity index (χ1n) is 11.6. The maximum absolute atomic E-state index is 13.2. The van der Waals surface area contributed by atoms with Crippen molar-refractivity contribution in [2.75, 3.05) is 44.2 Å². The number of carbonyl (C=O) groups excluding carboxylic acids is 1. The van der Waals surface area contributed by atoms with E-state index >= 15 is 0 Å². The lowest BCUT2D eigenvalue weighted by atomic mass is 9.94. The number of nitrogens with zero attached hydrogens (tertiary/aromatic N) is 5. The quantitative estimate of drug-likeness (QED) is 0.749. The van der Waals surface area contributed by atoms with Crippen molar-refractivity contribution >= 4 is 33.3 Å². The lowest BCUT2D eigenvalue weighted by molar-refractivity contribution is -0.138. The summed E-state index contributed by atoms with van der Waals surface area (Å²) < 4.78 is 0. The third kappa shape index (κ3) is 3.71. The summed E-state index contributed by atoms with van der Waals surface area (Å²) in [4.78, 5) is 31.8. The van der Waals surface area contributed by atoms with Crippen LogP contribution in [0.25, 0.3) is 10.2 Å². The lowest BCUT2D eigenvalue weighted by Gasteiger charge is -2.40. The highest BCUT2D eigenvalue weighted by atomic mass is 32.1. The van der Waals surface area contributed by atoms with Crippen LogP contribution >= 0.6 is 11.3 Å². The monoisotopic (exact) mass is 427 g/mol. The Balaban J connectivity index is 1.19. The third-order valence-corrected chi connectivity index (χ3v) is 8.67. The number of piperazine rings is 1. The van der Waals surface area contributed by atoms with E-state index in [1.165, 1.54) is 41.5 Å². The SMILES string of the molecule is Cc1sc2ncnc(N3CCC(C(=O)N4CCN(C5CCCC5)CC4)CC3)c2c1C. The molecule has 2 aromatic heterocycles. The molecule has 2 saturated heterocycles. The van der Waals surface area contributed by atoms with Crippen LogP contribution in [-0.2, 0) is 4.79 Å². The van der Waals surface area contributed by atoms with Crippen molar-refractivity contribution in [3.8, 4) is 0 Å². The first kappa shape index (κ1) is 20.2. The van der Waals surface area contributed by atoms with Crippen molar-refractivity contribution < 1.29 is 4.79 Å². The molecule has 0 unspecified atom stereocenters. The maximum Gasteiger partial charge on any atom is 0.225 e. The van der Waals surface area contributed by atoms with Gasteiger partial charge in [0, 0.05) is 56.1 Å². The normalized spacial score (nSPS) is 22.3.